The summed E-state index contributed by atoms with van der Waals surface area (Å²) in [4.78, 5) is 12.5. The molecule has 0 saturated carbocycles. The molecule has 0 aromatic heterocycles. The third-order valence-corrected chi connectivity index (χ3v) is 4.86. The molecular weight excluding hydrogens is 314 g/mol. The molecule has 25 heavy (non-hydrogen) atoms. The van der Waals surface area contributed by atoms with Gasteiger partial charge in [-0.3, -0.25) is 4.79 Å². The van der Waals surface area contributed by atoms with E-state index < -0.39 is 6.10 Å². The lowest BCUT2D eigenvalue weighted by Crippen LogP contribution is -2.47. The summed E-state index contributed by atoms with van der Waals surface area (Å²) in [5.41, 5.74) is 1.19. The summed E-state index contributed by atoms with van der Waals surface area (Å²) in [5.74, 6) is 0.611. The van der Waals surface area contributed by atoms with Crippen LogP contribution in [0, 0.1) is 0 Å². The minimum absolute atomic E-state index is 0.0678. The zero-order chi connectivity index (χ0) is 17.5. The molecule has 0 radical (unpaired) electrons. The SMILES string of the molecule is CC(Oc1ccccc1)C(=O)NCC1(c2ccccc2)CCOCC1. The number of nitrogens with one attached hydrogen (secondary N) is 1. The maximum absolute atomic E-state index is 12.5. The molecule has 132 valence electrons. The highest BCUT2D eigenvalue weighted by Crippen LogP contribution is 2.34. The van der Waals surface area contributed by atoms with E-state index in [1.807, 2.05) is 36.4 Å². The lowest BCUT2D eigenvalue weighted by molar-refractivity contribution is -0.127. The fraction of sp³-hybridized carbons (Fsp3) is 0.381. The van der Waals surface area contributed by atoms with Crippen molar-refractivity contribution in [2.45, 2.75) is 31.3 Å². The number of carbonyl (C=O) groups excluding carboxylic acids is 1. The summed E-state index contributed by atoms with van der Waals surface area (Å²) < 4.78 is 11.3. The van der Waals surface area contributed by atoms with Crippen LogP contribution >= 0.6 is 0 Å². The van der Waals surface area contributed by atoms with E-state index in [1.165, 1.54) is 5.56 Å². The smallest absolute Gasteiger partial charge is 0.260 e. The normalized spacial score (nSPS) is 17.5. The highest BCUT2D eigenvalue weighted by atomic mass is 16.5. The minimum atomic E-state index is -0.532. The molecule has 0 bridgehead atoms. The van der Waals surface area contributed by atoms with Gasteiger partial charge >= 0.3 is 0 Å². The monoisotopic (exact) mass is 339 g/mol. The van der Waals surface area contributed by atoms with E-state index in [0.29, 0.717) is 12.3 Å². The van der Waals surface area contributed by atoms with Crippen molar-refractivity contribution in [1.82, 2.24) is 5.32 Å². The van der Waals surface area contributed by atoms with Crippen molar-refractivity contribution in [1.29, 1.82) is 0 Å². The van der Waals surface area contributed by atoms with Crippen LogP contribution < -0.4 is 10.1 Å². The number of carbonyl (C=O) groups is 1. The van der Waals surface area contributed by atoms with E-state index in [2.05, 4.69) is 29.6 Å². The summed E-state index contributed by atoms with van der Waals surface area (Å²) in [5, 5.41) is 3.09. The first kappa shape index (κ1) is 17.5. The van der Waals surface area contributed by atoms with Gasteiger partial charge in [0.2, 0.25) is 0 Å². The molecule has 1 aliphatic rings. The Bertz CT molecular complexity index is 666. The molecule has 1 saturated heterocycles. The van der Waals surface area contributed by atoms with Gasteiger partial charge in [0.1, 0.15) is 5.75 Å². The van der Waals surface area contributed by atoms with Gasteiger partial charge in [0, 0.05) is 25.2 Å². The number of para-hydroxylation sites is 1. The van der Waals surface area contributed by atoms with Gasteiger partial charge in [-0.05, 0) is 37.5 Å². The second-order valence-corrected chi connectivity index (χ2v) is 6.55. The van der Waals surface area contributed by atoms with Crippen LogP contribution in [0.3, 0.4) is 0 Å². The van der Waals surface area contributed by atoms with E-state index >= 15 is 0 Å². The molecule has 1 atom stereocenters. The average Bonchev–Trinajstić information content (AvgIpc) is 2.68. The van der Waals surface area contributed by atoms with E-state index in [1.54, 1.807) is 6.92 Å². The van der Waals surface area contributed by atoms with E-state index in [9.17, 15) is 4.79 Å². The molecule has 4 nitrogen and oxygen atoms in total. The van der Waals surface area contributed by atoms with Crippen LogP contribution in [-0.4, -0.2) is 31.8 Å². The molecule has 2 aromatic carbocycles. The standard InChI is InChI=1S/C21H25NO3/c1-17(25-19-10-6-3-7-11-19)20(23)22-16-21(12-14-24-15-13-21)18-8-4-2-5-9-18/h2-11,17H,12-16H2,1H3,(H,22,23). The van der Waals surface area contributed by atoms with Crippen LogP contribution in [-0.2, 0) is 14.9 Å². The quantitative estimate of drug-likeness (QED) is 0.878. The van der Waals surface area contributed by atoms with Crippen molar-refractivity contribution in [3.8, 4) is 5.75 Å². The van der Waals surface area contributed by atoms with Gasteiger partial charge in [0.15, 0.2) is 6.10 Å². The molecular formula is C21H25NO3. The van der Waals surface area contributed by atoms with E-state index in [-0.39, 0.29) is 11.3 Å². The molecule has 4 heteroatoms. The van der Waals surface area contributed by atoms with Crippen LogP contribution in [0.1, 0.15) is 25.3 Å². The number of hydrogen-bond acceptors (Lipinski definition) is 3. The summed E-state index contributed by atoms with van der Waals surface area (Å²) in [6.07, 6.45) is 1.28. The number of benzene rings is 2. The summed E-state index contributed by atoms with van der Waals surface area (Å²) >= 11 is 0. The summed E-state index contributed by atoms with van der Waals surface area (Å²) in [6, 6.07) is 19.8. The number of ether oxygens (including phenoxy) is 2. The van der Waals surface area contributed by atoms with Gasteiger partial charge in [0.05, 0.1) is 0 Å². The number of hydrogen-bond donors (Lipinski definition) is 1. The Morgan fingerprint density at radius 1 is 1.08 bits per heavy atom. The van der Waals surface area contributed by atoms with Gasteiger partial charge in [-0.15, -0.1) is 0 Å². The van der Waals surface area contributed by atoms with Crippen LogP contribution in [0.2, 0.25) is 0 Å². The van der Waals surface area contributed by atoms with Gasteiger partial charge in [-0.1, -0.05) is 48.5 Å². The molecule has 2 aromatic rings. The fourth-order valence-corrected chi connectivity index (χ4v) is 3.28. The molecule has 1 fully saturated rings. The Labute approximate surface area is 149 Å². The first-order valence-electron chi connectivity index (χ1n) is 8.82. The van der Waals surface area contributed by atoms with Gasteiger partial charge in [-0.2, -0.15) is 0 Å². The lowest BCUT2D eigenvalue weighted by atomic mass is 9.74. The lowest BCUT2D eigenvalue weighted by Gasteiger charge is -2.38. The fourth-order valence-electron chi connectivity index (χ4n) is 3.28. The maximum Gasteiger partial charge on any atom is 0.260 e. The van der Waals surface area contributed by atoms with Crippen molar-refractivity contribution >= 4 is 5.91 Å². The Balaban J connectivity index is 1.64. The topological polar surface area (TPSA) is 47.6 Å². The average molecular weight is 339 g/mol. The predicted molar refractivity (Wildman–Crippen MR) is 97.7 cm³/mol. The first-order chi connectivity index (χ1) is 12.2. The molecule has 0 aliphatic carbocycles. The van der Waals surface area contributed by atoms with Crippen molar-refractivity contribution < 1.29 is 14.3 Å². The van der Waals surface area contributed by atoms with Crippen molar-refractivity contribution in [3.05, 3.63) is 66.2 Å². The third-order valence-electron chi connectivity index (χ3n) is 4.86. The second kappa shape index (κ2) is 8.17. The molecule has 1 aliphatic heterocycles. The van der Waals surface area contributed by atoms with Crippen LogP contribution in [0.5, 0.6) is 5.75 Å². The summed E-state index contributed by atoms with van der Waals surface area (Å²) in [6.45, 7) is 3.82. The molecule has 1 heterocycles. The predicted octanol–water partition coefficient (Wildman–Crippen LogP) is 3.32. The zero-order valence-electron chi connectivity index (χ0n) is 14.6. The molecule has 3 rings (SSSR count). The molecule has 1 N–H and O–H groups in total. The molecule has 0 spiro atoms. The Hall–Kier alpha value is -2.33. The minimum Gasteiger partial charge on any atom is -0.481 e. The van der Waals surface area contributed by atoms with Crippen molar-refractivity contribution in [2.24, 2.45) is 0 Å². The Morgan fingerprint density at radius 2 is 1.68 bits per heavy atom. The van der Waals surface area contributed by atoms with Gasteiger partial charge < -0.3 is 14.8 Å². The Morgan fingerprint density at radius 3 is 2.32 bits per heavy atom. The van der Waals surface area contributed by atoms with E-state index in [4.69, 9.17) is 9.47 Å². The molecule has 1 unspecified atom stereocenters. The van der Waals surface area contributed by atoms with Crippen LogP contribution in [0.15, 0.2) is 60.7 Å². The van der Waals surface area contributed by atoms with E-state index in [0.717, 1.165) is 26.1 Å². The van der Waals surface area contributed by atoms with Gasteiger partial charge in [0.25, 0.3) is 5.91 Å². The maximum atomic E-state index is 12.5. The highest BCUT2D eigenvalue weighted by molar-refractivity contribution is 5.80. The largest absolute Gasteiger partial charge is 0.481 e. The zero-order valence-corrected chi connectivity index (χ0v) is 14.6. The van der Waals surface area contributed by atoms with Gasteiger partial charge in [-0.25, -0.2) is 0 Å². The Kier molecular flexibility index (Phi) is 5.71. The van der Waals surface area contributed by atoms with Crippen molar-refractivity contribution in [3.63, 3.8) is 0 Å². The first-order valence-corrected chi connectivity index (χ1v) is 8.82. The van der Waals surface area contributed by atoms with Crippen LogP contribution in [0.4, 0.5) is 0 Å². The van der Waals surface area contributed by atoms with Crippen LogP contribution in [0.25, 0.3) is 0 Å². The molecule has 1 amide bonds. The second-order valence-electron chi connectivity index (χ2n) is 6.55. The number of rotatable bonds is 6. The third kappa shape index (κ3) is 4.40. The highest BCUT2D eigenvalue weighted by Gasteiger charge is 2.35. The van der Waals surface area contributed by atoms with Crippen molar-refractivity contribution in [2.75, 3.05) is 19.8 Å². The number of amides is 1. The summed E-state index contributed by atoms with van der Waals surface area (Å²) in [7, 11) is 0.